The normalized spacial score (nSPS) is 12.5. The van der Waals surface area contributed by atoms with Crippen LogP contribution in [0.25, 0.3) is 0 Å². The molecule has 78 valence electrons. The lowest BCUT2D eigenvalue weighted by Gasteiger charge is -2.16. The molecule has 0 aromatic carbocycles. The summed E-state index contributed by atoms with van der Waals surface area (Å²) in [6.07, 6.45) is 1.76. The minimum atomic E-state index is -0.620. The summed E-state index contributed by atoms with van der Waals surface area (Å²) in [6, 6.07) is 3.09. The van der Waals surface area contributed by atoms with Gasteiger partial charge >= 0.3 is 5.97 Å². The van der Waals surface area contributed by atoms with Crippen molar-refractivity contribution in [3.05, 3.63) is 24.0 Å². The molecule has 0 aliphatic rings. The number of carbonyl (C=O) groups excluding carboxylic acids is 1. The Kier molecular flexibility index (Phi) is 3.71. The van der Waals surface area contributed by atoms with E-state index in [4.69, 9.17) is 9.84 Å². The van der Waals surface area contributed by atoms with Crippen molar-refractivity contribution in [2.24, 2.45) is 0 Å². The van der Waals surface area contributed by atoms with E-state index in [1.165, 1.54) is 0 Å². The minimum absolute atomic E-state index is 0.242. The molecule has 14 heavy (non-hydrogen) atoms. The second-order valence-corrected chi connectivity index (χ2v) is 3.01. The van der Waals surface area contributed by atoms with E-state index < -0.39 is 12.0 Å². The number of hydrogen-bond donors (Lipinski definition) is 1. The molecule has 0 saturated heterocycles. The average Bonchev–Trinajstić information content (AvgIpc) is 2.54. The second-order valence-electron chi connectivity index (χ2n) is 3.01. The Hall–Kier alpha value is -1.29. The molecule has 0 fully saturated rings. The Morgan fingerprint density at radius 2 is 2.43 bits per heavy atom. The summed E-state index contributed by atoms with van der Waals surface area (Å²) in [5.41, 5.74) is 0.928. The second kappa shape index (κ2) is 4.81. The number of aromatic nitrogens is 1. The van der Waals surface area contributed by atoms with E-state index in [1.54, 1.807) is 17.7 Å². The van der Waals surface area contributed by atoms with Crippen LogP contribution < -0.4 is 0 Å². The molecular weight excluding hydrogens is 182 g/mol. The largest absolute Gasteiger partial charge is 0.464 e. The van der Waals surface area contributed by atoms with E-state index in [9.17, 15) is 4.79 Å². The van der Waals surface area contributed by atoms with Gasteiger partial charge in [-0.05, 0) is 26.0 Å². The Labute approximate surface area is 83.1 Å². The molecule has 1 N–H and O–H groups in total. The van der Waals surface area contributed by atoms with Crippen LogP contribution in [0, 0.1) is 6.92 Å². The maximum absolute atomic E-state index is 11.4. The standard InChI is InChI=1S/C10H15NO3/c1-3-14-10(13)9(7-12)11-6-4-5-8(11)2/h4-6,9,12H,3,7H2,1-2H3/t9-/m1/s1. The molecule has 4 heteroatoms. The third-order valence-corrected chi connectivity index (χ3v) is 2.06. The molecule has 0 aliphatic heterocycles. The number of carbonyl (C=O) groups is 1. The monoisotopic (exact) mass is 197 g/mol. The Bertz CT molecular complexity index is 306. The average molecular weight is 197 g/mol. The van der Waals surface area contributed by atoms with Crippen LogP contribution in [0.15, 0.2) is 18.3 Å². The van der Waals surface area contributed by atoms with Gasteiger partial charge < -0.3 is 14.4 Å². The Morgan fingerprint density at radius 1 is 1.71 bits per heavy atom. The predicted octanol–water partition coefficient (Wildman–Crippen LogP) is 0.893. The highest BCUT2D eigenvalue weighted by Gasteiger charge is 2.20. The molecule has 1 aromatic rings. The fourth-order valence-electron chi connectivity index (χ4n) is 1.34. The number of ether oxygens (including phenoxy) is 1. The molecule has 0 bridgehead atoms. The molecule has 1 atom stereocenters. The van der Waals surface area contributed by atoms with Gasteiger partial charge in [0.2, 0.25) is 0 Å². The van der Waals surface area contributed by atoms with Gasteiger partial charge in [-0.25, -0.2) is 4.79 Å². The van der Waals surface area contributed by atoms with Crippen LogP contribution in [0.2, 0.25) is 0 Å². The van der Waals surface area contributed by atoms with Crippen LogP contribution in [0.1, 0.15) is 18.7 Å². The van der Waals surface area contributed by atoms with Crippen molar-refractivity contribution in [1.29, 1.82) is 0 Å². The number of aliphatic hydroxyl groups excluding tert-OH is 1. The SMILES string of the molecule is CCOC(=O)[C@@H](CO)n1cccc1C. The van der Waals surface area contributed by atoms with Gasteiger partial charge in [0, 0.05) is 11.9 Å². The van der Waals surface area contributed by atoms with Crippen LogP contribution in [0.5, 0.6) is 0 Å². The number of rotatable bonds is 4. The van der Waals surface area contributed by atoms with Crippen molar-refractivity contribution < 1.29 is 14.6 Å². The molecule has 0 amide bonds. The van der Waals surface area contributed by atoms with Gasteiger partial charge in [-0.15, -0.1) is 0 Å². The van der Waals surface area contributed by atoms with E-state index in [0.717, 1.165) is 5.69 Å². The maximum Gasteiger partial charge on any atom is 0.331 e. The van der Waals surface area contributed by atoms with Crippen LogP contribution in [-0.4, -0.2) is 28.9 Å². The highest BCUT2D eigenvalue weighted by Crippen LogP contribution is 2.12. The molecule has 0 radical (unpaired) electrons. The number of hydrogen-bond acceptors (Lipinski definition) is 3. The summed E-state index contributed by atoms with van der Waals surface area (Å²) in [7, 11) is 0. The number of nitrogens with zero attached hydrogens (tertiary/aromatic N) is 1. The summed E-state index contributed by atoms with van der Waals surface area (Å²) in [5, 5.41) is 9.10. The lowest BCUT2D eigenvalue weighted by atomic mass is 10.3. The van der Waals surface area contributed by atoms with Gasteiger partial charge in [-0.2, -0.15) is 0 Å². The molecule has 1 aromatic heterocycles. The van der Waals surface area contributed by atoms with Crippen LogP contribution in [-0.2, 0) is 9.53 Å². The fraction of sp³-hybridized carbons (Fsp3) is 0.500. The third-order valence-electron chi connectivity index (χ3n) is 2.06. The first-order valence-electron chi connectivity index (χ1n) is 4.61. The zero-order valence-electron chi connectivity index (χ0n) is 8.43. The number of aliphatic hydroxyl groups is 1. The van der Waals surface area contributed by atoms with Crippen LogP contribution in [0.4, 0.5) is 0 Å². The van der Waals surface area contributed by atoms with Crippen LogP contribution in [0.3, 0.4) is 0 Å². The van der Waals surface area contributed by atoms with Gasteiger partial charge in [-0.3, -0.25) is 0 Å². The first-order chi connectivity index (χ1) is 6.70. The molecule has 0 spiro atoms. The number of aryl methyl sites for hydroxylation is 1. The summed E-state index contributed by atoms with van der Waals surface area (Å²) in [4.78, 5) is 11.4. The fourth-order valence-corrected chi connectivity index (χ4v) is 1.34. The van der Waals surface area contributed by atoms with E-state index in [1.807, 2.05) is 19.1 Å². The quantitative estimate of drug-likeness (QED) is 0.729. The van der Waals surface area contributed by atoms with Crippen LogP contribution >= 0.6 is 0 Å². The van der Waals surface area contributed by atoms with E-state index in [-0.39, 0.29) is 6.61 Å². The van der Waals surface area contributed by atoms with Crippen molar-refractivity contribution in [3.8, 4) is 0 Å². The van der Waals surface area contributed by atoms with E-state index >= 15 is 0 Å². The predicted molar refractivity (Wildman–Crippen MR) is 51.9 cm³/mol. The van der Waals surface area contributed by atoms with Gasteiger partial charge in [0.25, 0.3) is 0 Å². The first kappa shape index (κ1) is 10.8. The van der Waals surface area contributed by atoms with E-state index in [2.05, 4.69) is 0 Å². The summed E-state index contributed by atoms with van der Waals surface area (Å²) >= 11 is 0. The summed E-state index contributed by atoms with van der Waals surface area (Å²) < 4.78 is 6.56. The summed E-state index contributed by atoms with van der Waals surface area (Å²) in [5.74, 6) is -0.394. The highest BCUT2D eigenvalue weighted by molar-refractivity contribution is 5.74. The zero-order chi connectivity index (χ0) is 10.6. The van der Waals surface area contributed by atoms with Crippen molar-refractivity contribution >= 4 is 5.97 Å². The lowest BCUT2D eigenvalue weighted by Crippen LogP contribution is -2.25. The lowest BCUT2D eigenvalue weighted by molar-refractivity contribution is -0.148. The Balaban J connectivity index is 2.82. The van der Waals surface area contributed by atoms with Gasteiger partial charge in [0.05, 0.1) is 13.2 Å². The minimum Gasteiger partial charge on any atom is -0.464 e. The van der Waals surface area contributed by atoms with E-state index in [0.29, 0.717) is 6.61 Å². The topological polar surface area (TPSA) is 51.5 Å². The number of esters is 1. The van der Waals surface area contributed by atoms with Gasteiger partial charge in [0.15, 0.2) is 6.04 Å². The van der Waals surface area contributed by atoms with Crippen molar-refractivity contribution in [2.45, 2.75) is 19.9 Å². The maximum atomic E-state index is 11.4. The highest BCUT2D eigenvalue weighted by atomic mass is 16.5. The third kappa shape index (κ3) is 2.14. The molecular formula is C10H15NO3. The Morgan fingerprint density at radius 3 is 2.86 bits per heavy atom. The van der Waals surface area contributed by atoms with Crippen molar-refractivity contribution in [2.75, 3.05) is 13.2 Å². The molecule has 0 aliphatic carbocycles. The first-order valence-corrected chi connectivity index (χ1v) is 4.61. The molecule has 0 saturated carbocycles. The smallest absolute Gasteiger partial charge is 0.331 e. The molecule has 4 nitrogen and oxygen atoms in total. The van der Waals surface area contributed by atoms with Gasteiger partial charge in [0.1, 0.15) is 0 Å². The van der Waals surface area contributed by atoms with Gasteiger partial charge in [-0.1, -0.05) is 0 Å². The van der Waals surface area contributed by atoms with Crippen molar-refractivity contribution in [1.82, 2.24) is 4.57 Å². The molecule has 1 heterocycles. The zero-order valence-corrected chi connectivity index (χ0v) is 8.43. The molecule has 0 unspecified atom stereocenters. The van der Waals surface area contributed by atoms with Crippen molar-refractivity contribution in [3.63, 3.8) is 0 Å². The molecule has 1 rings (SSSR count). The summed E-state index contributed by atoms with van der Waals surface area (Å²) in [6.45, 7) is 3.71.